The van der Waals surface area contributed by atoms with Crippen LogP contribution >= 0.6 is 0 Å². The van der Waals surface area contributed by atoms with Crippen molar-refractivity contribution in [1.29, 1.82) is 0 Å². The van der Waals surface area contributed by atoms with Gasteiger partial charge in [-0.3, -0.25) is 0 Å². The molecule has 1 aromatic carbocycles. The lowest BCUT2D eigenvalue weighted by Gasteiger charge is -2.13. The van der Waals surface area contributed by atoms with Crippen LogP contribution in [0.1, 0.15) is 33.2 Å². The second-order valence-corrected chi connectivity index (χ2v) is 3.55. The highest BCUT2D eigenvalue weighted by atomic mass is 16.5. The van der Waals surface area contributed by atoms with E-state index in [1.165, 1.54) is 27.4 Å². The molecule has 0 fully saturated rings. The molecule has 0 bridgehead atoms. The summed E-state index contributed by atoms with van der Waals surface area (Å²) < 4.78 is 14.5. The third-order valence-electron chi connectivity index (χ3n) is 2.60. The van der Waals surface area contributed by atoms with Crippen LogP contribution in [0.2, 0.25) is 0 Å². The fourth-order valence-electron chi connectivity index (χ4n) is 1.68. The van der Waals surface area contributed by atoms with Gasteiger partial charge in [0.05, 0.1) is 32.5 Å². The Balaban J connectivity index is 3.51. The lowest BCUT2D eigenvalue weighted by Crippen LogP contribution is -2.15. The maximum atomic E-state index is 11.8. The van der Waals surface area contributed by atoms with Gasteiger partial charge in [-0.2, -0.15) is 0 Å². The summed E-state index contributed by atoms with van der Waals surface area (Å²) in [6.45, 7) is 1.88. The van der Waals surface area contributed by atoms with Crippen molar-refractivity contribution in [2.75, 3.05) is 21.3 Å². The van der Waals surface area contributed by atoms with Crippen LogP contribution in [-0.4, -0.2) is 33.3 Å². The zero-order valence-electron chi connectivity index (χ0n) is 10.9. The number of carbonyl (C=O) groups is 2. The number of hydrogen-bond acceptors (Lipinski definition) is 5. The first-order chi connectivity index (χ1) is 8.58. The lowest BCUT2D eigenvalue weighted by molar-refractivity contribution is 0.0554. The quantitative estimate of drug-likeness (QED) is 0.765. The van der Waals surface area contributed by atoms with Crippen LogP contribution in [0, 0.1) is 0 Å². The molecule has 0 aliphatic rings. The monoisotopic (exact) mass is 252 g/mol. The molecule has 0 spiro atoms. The molecule has 1 aromatic rings. The Morgan fingerprint density at radius 3 is 2.11 bits per heavy atom. The lowest BCUT2D eigenvalue weighted by atomic mass is 9.98. The van der Waals surface area contributed by atoms with E-state index >= 15 is 0 Å². The molecule has 0 saturated heterocycles. The second kappa shape index (κ2) is 6.05. The van der Waals surface area contributed by atoms with E-state index in [9.17, 15) is 9.59 Å². The summed E-state index contributed by atoms with van der Waals surface area (Å²) in [4.78, 5) is 23.5. The Morgan fingerprint density at radius 1 is 1.06 bits per heavy atom. The van der Waals surface area contributed by atoms with Gasteiger partial charge in [0.1, 0.15) is 5.75 Å². The van der Waals surface area contributed by atoms with Crippen LogP contribution in [0.25, 0.3) is 0 Å². The minimum Gasteiger partial charge on any atom is -0.497 e. The van der Waals surface area contributed by atoms with E-state index in [0.717, 1.165) is 0 Å². The van der Waals surface area contributed by atoms with Gasteiger partial charge in [0, 0.05) is 0 Å². The Bertz CT molecular complexity index is 465. The van der Waals surface area contributed by atoms with Gasteiger partial charge in [0.2, 0.25) is 0 Å². The largest absolute Gasteiger partial charge is 0.497 e. The van der Waals surface area contributed by atoms with Gasteiger partial charge in [-0.05, 0) is 24.1 Å². The molecule has 0 heterocycles. The summed E-state index contributed by atoms with van der Waals surface area (Å²) in [5.74, 6) is -0.654. The molecule has 0 saturated carbocycles. The van der Waals surface area contributed by atoms with E-state index in [4.69, 9.17) is 9.47 Å². The Morgan fingerprint density at radius 2 is 1.67 bits per heavy atom. The third kappa shape index (κ3) is 2.61. The molecule has 0 aliphatic heterocycles. The Kier molecular flexibility index (Phi) is 4.71. The van der Waals surface area contributed by atoms with Crippen molar-refractivity contribution in [2.45, 2.75) is 13.3 Å². The first-order valence-corrected chi connectivity index (χ1v) is 5.46. The number of rotatable bonds is 4. The van der Waals surface area contributed by atoms with Crippen LogP contribution in [-0.2, 0) is 15.9 Å². The fourth-order valence-corrected chi connectivity index (χ4v) is 1.68. The zero-order chi connectivity index (χ0) is 13.7. The number of ether oxygens (including phenoxy) is 3. The summed E-state index contributed by atoms with van der Waals surface area (Å²) in [6.07, 6.45) is 0.575. The first-order valence-electron chi connectivity index (χ1n) is 5.46. The normalized spacial score (nSPS) is 9.78. The molecule has 0 N–H and O–H groups in total. The van der Waals surface area contributed by atoms with Gasteiger partial charge in [0.25, 0.3) is 0 Å². The molecule has 5 heteroatoms. The zero-order valence-corrected chi connectivity index (χ0v) is 10.9. The molecule has 0 aliphatic carbocycles. The second-order valence-electron chi connectivity index (χ2n) is 3.55. The highest BCUT2D eigenvalue weighted by molar-refractivity contribution is 6.04. The maximum Gasteiger partial charge on any atom is 0.339 e. The Hall–Kier alpha value is -2.04. The van der Waals surface area contributed by atoms with Crippen molar-refractivity contribution in [2.24, 2.45) is 0 Å². The standard InChI is InChI=1S/C13H16O5/c1-5-8-6-9(16-2)7-10(12(14)17-3)11(8)13(15)18-4/h6-7H,5H2,1-4H3. The van der Waals surface area contributed by atoms with E-state index in [2.05, 4.69) is 4.74 Å². The van der Waals surface area contributed by atoms with Crippen LogP contribution in [0.5, 0.6) is 5.75 Å². The molecule has 0 aromatic heterocycles. The van der Waals surface area contributed by atoms with Crippen molar-refractivity contribution in [3.8, 4) is 5.75 Å². The number of carbonyl (C=O) groups excluding carboxylic acids is 2. The van der Waals surface area contributed by atoms with Gasteiger partial charge in [-0.1, -0.05) is 6.92 Å². The highest BCUT2D eigenvalue weighted by Crippen LogP contribution is 2.24. The number of benzene rings is 1. The van der Waals surface area contributed by atoms with E-state index in [1.807, 2.05) is 6.92 Å². The van der Waals surface area contributed by atoms with E-state index < -0.39 is 11.9 Å². The van der Waals surface area contributed by atoms with E-state index in [0.29, 0.717) is 17.7 Å². The van der Waals surface area contributed by atoms with Crippen molar-refractivity contribution in [3.05, 3.63) is 28.8 Å². The molecule has 0 amide bonds. The minimum absolute atomic E-state index is 0.153. The molecule has 98 valence electrons. The molecule has 0 atom stereocenters. The molecule has 18 heavy (non-hydrogen) atoms. The number of methoxy groups -OCH3 is 3. The SMILES string of the molecule is CCc1cc(OC)cc(C(=O)OC)c1C(=O)OC. The first kappa shape index (κ1) is 14.0. The summed E-state index contributed by atoms with van der Waals surface area (Å²) in [5, 5.41) is 0. The van der Waals surface area contributed by atoms with Crippen LogP contribution in [0.4, 0.5) is 0 Å². The summed E-state index contributed by atoms with van der Waals surface area (Å²) in [5.41, 5.74) is 1.06. The van der Waals surface area contributed by atoms with E-state index in [1.54, 1.807) is 6.07 Å². The Labute approximate surface area is 106 Å². The predicted octanol–water partition coefficient (Wildman–Crippen LogP) is 1.83. The number of esters is 2. The molecule has 5 nitrogen and oxygen atoms in total. The topological polar surface area (TPSA) is 61.8 Å². The van der Waals surface area contributed by atoms with Crippen LogP contribution in [0.3, 0.4) is 0 Å². The van der Waals surface area contributed by atoms with Crippen molar-refractivity contribution >= 4 is 11.9 Å². The molecule has 0 unspecified atom stereocenters. The molecular formula is C13H16O5. The third-order valence-corrected chi connectivity index (χ3v) is 2.60. The van der Waals surface area contributed by atoms with Crippen molar-refractivity contribution in [3.63, 3.8) is 0 Å². The van der Waals surface area contributed by atoms with Gasteiger partial charge in [0.15, 0.2) is 0 Å². The van der Waals surface area contributed by atoms with Crippen LogP contribution in [0.15, 0.2) is 12.1 Å². The number of aryl methyl sites for hydroxylation is 1. The average Bonchev–Trinajstić information content (AvgIpc) is 2.43. The van der Waals surface area contributed by atoms with Gasteiger partial charge < -0.3 is 14.2 Å². The maximum absolute atomic E-state index is 11.8. The molecular weight excluding hydrogens is 236 g/mol. The average molecular weight is 252 g/mol. The highest BCUT2D eigenvalue weighted by Gasteiger charge is 2.23. The number of hydrogen-bond donors (Lipinski definition) is 0. The van der Waals surface area contributed by atoms with Gasteiger partial charge in [-0.15, -0.1) is 0 Å². The van der Waals surface area contributed by atoms with Crippen molar-refractivity contribution in [1.82, 2.24) is 0 Å². The van der Waals surface area contributed by atoms with E-state index in [-0.39, 0.29) is 11.1 Å². The van der Waals surface area contributed by atoms with Crippen LogP contribution < -0.4 is 4.74 Å². The molecule has 0 radical (unpaired) electrons. The smallest absolute Gasteiger partial charge is 0.339 e. The van der Waals surface area contributed by atoms with Gasteiger partial charge in [-0.25, -0.2) is 9.59 Å². The summed E-state index contributed by atoms with van der Waals surface area (Å²) >= 11 is 0. The molecule has 1 rings (SSSR count). The van der Waals surface area contributed by atoms with Crippen molar-refractivity contribution < 1.29 is 23.8 Å². The fraction of sp³-hybridized carbons (Fsp3) is 0.385. The summed E-state index contributed by atoms with van der Waals surface area (Å²) in [7, 11) is 4.02. The minimum atomic E-state index is -0.594. The summed E-state index contributed by atoms with van der Waals surface area (Å²) in [6, 6.07) is 3.18. The van der Waals surface area contributed by atoms with Gasteiger partial charge >= 0.3 is 11.9 Å². The predicted molar refractivity (Wildman–Crippen MR) is 65.1 cm³/mol.